The van der Waals surface area contributed by atoms with Gasteiger partial charge in [-0.3, -0.25) is 24.2 Å². The van der Waals surface area contributed by atoms with Crippen LogP contribution in [0.5, 0.6) is 0 Å². The molecule has 17 nitrogen and oxygen atoms in total. The largest absolute Gasteiger partial charge is 0.458 e. The number of aromatic nitrogens is 3. The molecule has 67 heavy (non-hydrogen) atoms. The number of Topliss-reactive ketones (excluding diaryl/α,β-unsaturated/α-hetero) is 2. The molecule has 3 aliphatic rings. The van der Waals surface area contributed by atoms with Crippen LogP contribution in [0.15, 0.2) is 29.6 Å². The lowest BCUT2D eigenvalue weighted by atomic mass is 9.67. The van der Waals surface area contributed by atoms with E-state index in [2.05, 4.69) is 46.0 Å². The van der Waals surface area contributed by atoms with Crippen molar-refractivity contribution >= 4 is 49.0 Å². The number of carbonyl (C=O) groups is 4. The van der Waals surface area contributed by atoms with Gasteiger partial charge in [0.15, 0.2) is 47.9 Å². The van der Waals surface area contributed by atoms with Crippen LogP contribution in [0.2, 0.25) is 18.1 Å². The van der Waals surface area contributed by atoms with Crippen LogP contribution < -0.4 is 5.73 Å². The third-order valence-corrected chi connectivity index (χ3v) is 20.7. The van der Waals surface area contributed by atoms with Crippen molar-refractivity contribution in [3.05, 3.63) is 29.4 Å². The maximum absolute atomic E-state index is 15.1. The number of hydrogen-bond acceptors (Lipinski definition) is 17. The van der Waals surface area contributed by atoms with E-state index in [4.69, 9.17) is 38.7 Å². The fourth-order valence-corrected chi connectivity index (χ4v) is 14.2. The number of likely N-dealkylation sites (N-methyl/N-ethyl adjacent to an activating group) is 1. The first kappa shape index (κ1) is 54.2. The molecule has 2 aromatic rings. The molecule has 3 aliphatic heterocycles. The van der Waals surface area contributed by atoms with Crippen molar-refractivity contribution in [3.8, 4) is 10.7 Å². The van der Waals surface area contributed by atoms with Gasteiger partial charge in [-0.2, -0.15) is 0 Å². The van der Waals surface area contributed by atoms with E-state index < -0.39 is 103 Å². The van der Waals surface area contributed by atoms with E-state index in [1.807, 2.05) is 40.1 Å². The molecule has 19 heteroatoms. The number of fused-ring (bicyclic) bond motifs is 1. The summed E-state index contributed by atoms with van der Waals surface area (Å²) in [6.45, 7) is 22.2. The van der Waals surface area contributed by atoms with Gasteiger partial charge in [0.05, 0.1) is 17.8 Å². The SMILES string of the molecule is CC[C@@H]1OC(=O)[C@H](C)C(=O)[C@H](C)[C@@H](O[C@@H]2O[C@H](C)C[C@H](N(C)C)[C@H]2O[Si](CC)(CC)CC)[C@](C)(OC)C[C@@H](C)C(=O)[C@H](C)[C@H]2[C@H](/C(N)=N/O[C@@H](C)c3nnc(-c4ccccn4)s3)C(=O)O[C@@]21C. The number of nitrogens with zero attached hydrogens (tertiary/aromatic N) is 5. The van der Waals surface area contributed by atoms with Crippen molar-refractivity contribution in [2.24, 2.45) is 46.4 Å². The summed E-state index contributed by atoms with van der Waals surface area (Å²) in [7, 11) is 3.33. The number of oxime groups is 1. The predicted octanol–water partition coefficient (Wildman–Crippen LogP) is 7.15. The summed E-state index contributed by atoms with van der Waals surface area (Å²) in [5.41, 5.74) is 4.46. The lowest BCUT2D eigenvalue weighted by Crippen LogP contribution is -2.62. The molecule has 2 N–H and O–H groups in total. The number of pyridine rings is 1. The van der Waals surface area contributed by atoms with Crippen molar-refractivity contribution in [3.63, 3.8) is 0 Å². The van der Waals surface area contributed by atoms with E-state index in [0.717, 1.165) is 18.1 Å². The number of ketones is 2. The highest BCUT2D eigenvalue weighted by atomic mass is 32.1. The number of methoxy groups -OCH3 is 1. The number of nitrogens with two attached hydrogens (primary N) is 1. The van der Waals surface area contributed by atoms with Gasteiger partial charge >= 0.3 is 11.9 Å². The maximum Gasteiger partial charge on any atom is 0.317 e. The second-order valence-electron chi connectivity index (χ2n) is 19.6. The van der Waals surface area contributed by atoms with Gasteiger partial charge in [0.2, 0.25) is 0 Å². The van der Waals surface area contributed by atoms with Gasteiger partial charge < -0.3 is 43.6 Å². The lowest BCUT2D eigenvalue weighted by molar-refractivity contribution is -0.292. The zero-order valence-electron chi connectivity index (χ0n) is 42.3. The van der Waals surface area contributed by atoms with Crippen LogP contribution in [0.1, 0.15) is 113 Å². The second kappa shape index (κ2) is 22.4. The molecule has 0 aromatic carbocycles. The van der Waals surface area contributed by atoms with Crippen LogP contribution in [0, 0.1) is 35.5 Å². The van der Waals surface area contributed by atoms with Crippen molar-refractivity contribution in [2.45, 2.75) is 175 Å². The molecule has 0 spiro atoms. The Morgan fingerprint density at radius 2 is 1.66 bits per heavy atom. The van der Waals surface area contributed by atoms with Crippen molar-refractivity contribution in [2.75, 3.05) is 21.2 Å². The van der Waals surface area contributed by atoms with E-state index in [1.54, 1.807) is 53.8 Å². The van der Waals surface area contributed by atoms with Gasteiger partial charge in [0.25, 0.3) is 0 Å². The Morgan fingerprint density at radius 3 is 2.24 bits per heavy atom. The topological polar surface area (TPSA) is 213 Å². The summed E-state index contributed by atoms with van der Waals surface area (Å²) in [6.07, 6.45) is -1.80. The molecule has 3 saturated heterocycles. The monoisotopic (exact) mass is 973 g/mol. The van der Waals surface area contributed by atoms with Crippen molar-refractivity contribution in [1.82, 2.24) is 20.1 Å². The van der Waals surface area contributed by atoms with E-state index in [9.17, 15) is 14.4 Å². The van der Waals surface area contributed by atoms with Gasteiger partial charge in [-0.05, 0) is 98.2 Å². The average molecular weight is 973 g/mol. The smallest absolute Gasteiger partial charge is 0.317 e. The van der Waals surface area contributed by atoms with Gasteiger partial charge in [-0.15, -0.1) is 10.2 Å². The normalized spacial score (nSPS) is 35.4. The van der Waals surface area contributed by atoms with Crippen LogP contribution >= 0.6 is 11.3 Å². The quantitative estimate of drug-likeness (QED) is 0.0469. The maximum atomic E-state index is 15.1. The Balaban J connectivity index is 1.54. The Kier molecular flexibility index (Phi) is 18.1. The summed E-state index contributed by atoms with van der Waals surface area (Å²) in [4.78, 5) is 70.6. The predicted molar refractivity (Wildman–Crippen MR) is 256 cm³/mol. The molecule has 0 bridgehead atoms. The molecule has 0 unspecified atom stereocenters. The summed E-state index contributed by atoms with van der Waals surface area (Å²) in [5, 5.41) is 13.8. The molecular formula is C48H76N6O11SSi. The van der Waals surface area contributed by atoms with Crippen molar-refractivity contribution < 1.29 is 52.1 Å². The highest BCUT2D eigenvalue weighted by molar-refractivity contribution is 7.14. The third kappa shape index (κ3) is 11.3. The molecule has 15 atom stereocenters. The fourth-order valence-electron chi connectivity index (χ4n) is 10.6. The molecule has 5 rings (SSSR count). The molecule has 0 amide bonds. The number of hydrogen-bond donors (Lipinski definition) is 1. The van der Waals surface area contributed by atoms with Gasteiger partial charge in [0, 0.05) is 43.0 Å². The highest BCUT2D eigenvalue weighted by Gasteiger charge is 2.63. The molecule has 0 saturated carbocycles. The summed E-state index contributed by atoms with van der Waals surface area (Å²) < 4.78 is 39.8. The molecule has 0 radical (unpaired) electrons. The third-order valence-electron chi connectivity index (χ3n) is 15.0. The number of cyclic esters (lactones) is 1. The lowest BCUT2D eigenvalue weighted by Gasteiger charge is -2.50. The van der Waals surface area contributed by atoms with Crippen LogP contribution in [0.4, 0.5) is 0 Å². The number of esters is 2. The molecule has 3 fully saturated rings. The first-order valence-electron chi connectivity index (χ1n) is 24.0. The van der Waals surface area contributed by atoms with Crippen LogP contribution in [-0.4, -0.2) is 127 Å². The number of amidine groups is 1. The minimum atomic E-state index is -2.24. The molecule has 0 aliphatic carbocycles. The summed E-state index contributed by atoms with van der Waals surface area (Å²) in [6, 6.07) is 8.13. The Hall–Kier alpha value is -3.72. The summed E-state index contributed by atoms with van der Waals surface area (Å²) in [5.74, 6) is -8.57. The van der Waals surface area contributed by atoms with E-state index in [1.165, 1.54) is 25.4 Å². The number of ether oxygens (including phenoxy) is 5. The van der Waals surface area contributed by atoms with Crippen LogP contribution in [0.25, 0.3) is 10.7 Å². The minimum absolute atomic E-state index is 0.0672. The first-order valence-corrected chi connectivity index (χ1v) is 27.3. The van der Waals surface area contributed by atoms with Crippen LogP contribution in [-0.2, 0) is 52.1 Å². The summed E-state index contributed by atoms with van der Waals surface area (Å²) >= 11 is 1.27. The van der Waals surface area contributed by atoms with Gasteiger partial charge in [-0.25, -0.2) is 0 Å². The first-order chi connectivity index (χ1) is 31.5. The molecule has 5 heterocycles. The zero-order valence-corrected chi connectivity index (χ0v) is 44.1. The molecular weight excluding hydrogens is 897 g/mol. The Labute approximate surface area is 402 Å². The number of rotatable bonds is 15. The molecule has 2 aromatic heterocycles. The minimum Gasteiger partial charge on any atom is -0.458 e. The van der Waals surface area contributed by atoms with Crippen LogP contribution in [0.3, 0.4) is 0 Å². The standard InChI is InChI=1S/C48H76N6O11SSi/c1-16-34-48(12)36(35(45(58)63-48)41(49)53-64-31(10)42-51-52-43(66-42)32-22-20-21-23-50-32)28(7)37(55)26(5)25-47(11,59-15)40(29(8)38(56)30(9)44(57)61-34)62-46-39(65-67(17-2,18-3)19-4)33(54(13)14)24-27(6)60-46/h20-23,26-31,33-36,39-40,46H,16-19,24-25H2,1-15H3,(H2,49,53)/t26-,27-,28-,29+,30-,31+,33+,34+,35-,36+,39-,40-,46+,47-,48-/m1/s1. The van der Waals surface area contributed by atoms with E-state index in [-0.39, 0.29) is 36.6 Å². The highest BCUT2D eigenvalue weighted by Crippen LogP contribution is 2.48. The zero-order chi connectivity index (χ0) is 49.8. The second-order valence-corrected chi connectivity index (χ2v) is 25.3. The van der Waals surface area contributed by atoms with Gasteiger partial charge in [-0.1, -0.05) is 71.0 Å². The van der Waals surface area contributed by atoms with E-state index >= 15 is 4.79 Å². The van der Waals surface area contributed by atoms with Crippen molar-refractivity contribution in [1.29, 1.82) is 0 Å². The molecule has 374 valence electrons. The average Bonchev–Trinajstić information content (AvgIpc) is 3.92. The number of carbonyl (C=O) groups excluding carboxylic acids is 4. The Bertz CT molecular complexity index is 2050. The van der Waals surface area contributed by atoms with E-state index in [0.29, 0.717) is 22.1 Å². The Morgan fingerprint density at radius 1 is 0.985 bits per heavy atom. The van der Waals surface area contributed by atoms with Gasteiger partial charge in [0.1, 0.15) is 35.5 Å². The fraction of sp³-hybridized carbons (Fsp3) is 0.750.